The van der Waals surface area contributed by atoms with Crippen LogP contribution >= 0.6 is 27.3 Å². The van der Waals surface area contributed by atoms with Crippen molar-refractivity contribution in [2.45, 2.75) is 18.9 Å². The Kier molecular flexibility index (Phi) is 6.56. The number of phenols is 1. The van der Waals surface area contributed by atoms with Crippen LogP contribution in [0.15, 0.2) is 74.4 Å². The number of aryl methyl sites for hydroxylation is 1. The van der Waals surface area contributed by atoms with Gasteiger partial charge in [0.1, 0.15) is 0 Å². The van der Waals surface area contributed by atoms with E-state index in [1.807, 2.05) is 24.3 Å². The minimum Gasteiger partial charge on any atom is -0.503 e. The first kappa shape index (κ1) is 25.5. The molecule has 1 N–H and O–H groups in total. The number of allylic oxidation sites excluding steroid dienone is 1. The van der Waals surface area contributed by atoms with Crippen LogP contribution in [-0.4, -0.2) is 31.0 Å². The third-order valence-corrected chi connectivity index (χ3v) is 8.75. The van der Waals surface area contributed by atoms with Gasteiger partial charge >= 0.3 is 0 Å². The maximum atomic E-state index is 14.0. The molecule has 2 heterocycles. The molecule has 0 spiro atoms. The number of aromatic hydroxyl groups is 1. The van der Waals surface area contributed by atoms with Gasteiger partial charge in [0.05, 0.1) is 42.1 Å². The van der Waals surface area contributed by atoms with E-state index in [0.717, 1.165) is 40.8 Å². The fourth-order valence-electron chi connectivity index (χ4n) is 5.33. The van der Waals surface area contributed by atoms with Crippen LogP contribution in [0.5, 0.6) is 23.0 Å². The largest absolute Gasteiger partial charge is 0.503 e. The maximum absolute atomic E-state index is 14.0. The van der Waals surface area contributed by atoms with E-state index in [-0.39, 0.29) is 17.4 Å². The fraction of sp³-hybridized carbons (Fsp3) is 0.200. The second-order valence-electron chi connectivity index (χ2n) is 9.28. The van der Waals surface area contributed by atoms with Gasteiger partial charge in [-0.2, -0.15) is 0 Å². The molecule has 0 unspecified atom stereocenters. The molecule has 1 aliphatic heterocycles. The van der Waals surface area contributed by atoms with Crippen molar-refractivity contribution in [2.24, 2.45) is 4.99 Å². The second kappa shape index (κ2) is 10.1. The Balaban J connectivity index is 1.61. The zero-order valence-corrected chi connectivity index (χ0v) is 23.9. The number of thiazole rings is 1. The van der Waals surface area contributed by atoms with Gasteiger partial charge in [0.25, 0.3) is 5.56 Å². The van der Waals surface area contributed by atoms with E-state index in [0.29, 0.717) is 31.1 Å². The van der Waals surface area contributed by atoms with Gasteiger partial charge in [-0.25, -0.2) is 4.99 Å². The predicted molar refractivity (Wildman–Crippen MR) is 155 cm³/mol. The monoisotopic (exact) mass is 604 g/mol. The van der Waals surface area contributed by atoms with Crippen LogP contribution < -0.4 is 29.1 Å². The molecule has 198 valence electrons. The van der Waals surface area contributed by atoms with Crippen molar-refractivity contribution in [1.82, 2.24) is 4.57 Å². The molecule has 3 aromatic carbocycles. The number of fused-ring (bicyclic) bond motifs is 3. The van der Waals surface area contributed by atoms with Gasteiger partial charge in [-0.3, -0.25) is 9.36 Å². The Morgan fingerprint density at radius 1 is 1.00 bits per heavy atom. The number of methoxy groups -OCH3 is 3. The number of hydrogen-bond donors (Lipinski definition) is 1. The quantitative estimate of drug-likeness (QED) is 0.353. The normalized spacial score (nSPS) is 16.2. The van der Waals surface area contributed by atoms with Gasteiger partial charge in [-0.15, -0.1) is 0 Å². The molecule has 9 heteroatoms. The first-order chi connectivity index (χ1) is 18.9. The lowest BCUT2D eigenvalue weighted by Crippen LogP contribution is -2.38. The highest BCUT2D eigenvalue weighted by Crippen LogP contribution is 2.43. The minimum atomic E-state index is -0.340. The number of nitrogens with zero attached hydrogens (tertiary/aromatic N) is 2. The van der Waals surface area contributed by atoms with Crippen molar-refractivity contribution in [1.29, 1.82) is 0 Å². The van der Waals surface area contributed by atoms with Crippen molar-refractivity contribution in [3.8, 4) is 23.0 Å². The molecule has 4 aromatic rings. The van der Waals surface area contributed by atoms with Gasteiger partial charge < -0.3 is 19.3 Å². The number of benzene rings is 3. The molecule has 7 nitrogen and oxygen atoms in total. The molecule has 6 rings (SSSR count). The zero-order valence-electron chi connectivity index (χ0n) is 21.5. The van der Waals surface area contributed by atoms with Crippen molar-refractivity contribution >= 4 is 39.0 Å². The topological polar surface area (TPSA) is 82.3 Å². The summed E-state index contributed by atoms with van der Waals surface area (Å²) >= 11 is 4.72. The molecule has 1 aliphatic carbocycles. The van der Waals surface area contributed by atoms with E-state index in [2.05, 4.69) is 34.1 Å². The lowest BCUT2D eigenvalue weighted by Gasteiger charge is -2.31. The van der Waals surface area contributed by atoms with Crippen LogP contribution in [0.25, 0.3) is 11.8 Å². The summed E-state index contributed by atoms with van der Waals surface area (Å²) in [5.41, 5.74) is 5.91. The average molecular weight is 606 g/mol. The van der Waals surface area contributed by atoms with Gasteiger partial charge in [0.2, 0.25) is 0 Å². The number of hydrogen-bond acceptors (Lipinski definition) is 7. The molecule has 0 saturated heterocycles. The van der Waals surface area contributed by atoms with E-state index >= 15 is 0 Å². The summed E-state index contributed by atoms with van der Waals surface area (Å²) in [5, 5.41) is 10.2. The Labute approximate surface area is 237 Å². The lowest BCUT2D eigenvalue weighted by atomic mass is 9.83. The minimum absolute atomic E-state index is 0.0101. The highest BCUT2D eigenvalue weighted by Gasteiger charge is 2.33. The molecule has 0 bridgehead atoms. The second-order valence-corrected chi connectivity index (χ2v) is 11.1. The van der Waals surface area contributed by atoms with Crippen LogP contribution in [0.4, 0.5) is 0 Å². The number of halogens is 1. The fourth-order valence-corrected chi connectivity index (χ4v) is 6.79. The summed E-state index contributed by atoms with van der Waals surface area (Å²) in [7, 11) is 4.71. The first-order valence-corrected chi connectivity index (χ1v) is 14.0. The van der Waals surface area contributed by atoms with Gasteiger partial charge in [-0.1, -0.05) is 41.7 Å². The molecule has 0 radical (unpaired) electrons. The van der Waals surface area contributed by atoms with Crippen molar-refractivity contribution in [3.63, 3.8) is 0 Å². The van der Waals surface area contributed by atoms with E-state index < -0.39 is 0 Å². The smallest absolute Gasteiger partial charge is 0.271 e. The third-order valence-electron chi connectivity index (χ3n) is 7.16. The molecule has 39 heavy (non-hydrogen) atoms. The standard InChI is InChI=1S/C30H25BrN2O5S/c1-36-22-11-9-18(15-23(22)37-2)27-20-10-8-17-6-4-5-7-19(17)26(20)32-30-33(27)29(35)25(39-30)14-16-12-21(31)28(34)24(13-16)38-3/h4-7,9,11-15,27,34H,8,10H2,1-3H3/b25-14-/t27-/m0/s1. The molecular weight excluding hydrogens is 580 g/mol. The van der Waals surface area contributed by atoms with Crippen LogP contribution in [0, 0.1) is 0 Å². The lowest BCUT2D eigenvalue weighted by molar-refractivity contribution is 0.354. The molecule has 0 fully saturated rings. The van der Waals surface area contributed by atoms with Crippen LogP contribution in [0.3, 0.4) is 0 Å². The summed E-state index contributed by atoms with van der Waals surface area (Å²) in [6.45, 7) is 0. The SMILES string of the molecule is COc1ccc([C@H]2C3=C(N=c4s/c(=C\c5cc(Br)c(O)c(OC)c5)c(=O)n42)c2ccccc2CC3)cc1OC. The Hall–Kier alpha value is -3.82. The van der Waals surface area contributed by atoms with Crippen molar-refractivity contribution in [3.05, 3.63) is 107 Å². The number of phenolic OH excluding ortho intramolecular Hbond substituents is 1. The Morgan fingerprint density at radius 2 is 1.77 bits per heavy atom. The highest BCUT2D eigenvalue weighted by molar-refractivity contribution is 9.10. The van der Waals surface area contributed by atoms with Crippen molar-refractivity contribution in [2.75, 3.05) is 21.3 Å². The summed E-state index contributed by atoms with van der Waals surface area (Å²) in [6, 6.07) is 17.3. The molecule has 1 atom stereocenters. The van der Waals surface area contributed by atoms with Crippen LogP contribution in [-0.2, 0) is 6.42 Å². The third kappa shape index (κ3) is 4.26. The molecule has 0 saturated carbocycles. The number of aromatic nitrogens is 1. The average Bonchev–Trinajstić information content (AvgIpc) is 3.27. The summed E-state index contributed by atoms with van der Waals surface area (Å²) < 4.78 is 19.2. The Morgan fingerprint density at radius 3 is 2.54 bits per heavy atom. The maximum Gasteiger partial charge on any atom is 0.271 e. The van der Waals surface area contributed by atoms with Crippen LogP contribution in [0.1, 0.15) is 34.7 Å². The summed E-state index contributed by atoms with van der Waals surface area (Å²) in [5.74, 6) is 1.56. The molecular formula is C30H25BrN2O5S. The molecule has 1 aromatic heterocycles. The van der Waals surface area contributed by atoms with Gasteiger partial charge in [0.15, 0.2) is 27.8 Å². The predicted octanol–water partition coefficient (Wildman–Crippen LogP) is 4.81. The first-order valence-electron chi connectivity index (χ1n) is 12.3. The van der Waals surface area contributed by atoms with E-state index in [4.69, 9.17) is 19.2 Å². The zero-order chi connectivity index (χ0) is 27.3. The highest BCUT2D eigenvalue weighted by atomic mass is 79.9. The summed E-state index contributed by atoms with van der Waals surface area (Å²) in [4.78, 5) is 19.7. The molecule has 2 aliphatic rings. The van der Waals surface area contributed by atoms with Gasteiger partial charge in [0, 0.05) is 5.56 Å². The van der Waals surface area contributed by atoms with E-state index in [1.54, 1.807) is 37.0 Å². The van der Waals surface area contributed by atoms with Crippen molar-refractivity contribution < 1.29 is 19.3 Å². The number of ether oxygens (including phenoxy) is 3. The summed E-state index contributed by atoms with van der Waals surface area (Å²) in [6.07, 6.45) is 3.47. The molecule has 0 amide bonds. The Bertz CT molecular complexity index is 1840. The van der Waals surface area contributed by atoms with Gasteiger partial charge in [-0.05, 0) is 81.4 Å². The number of rotatable bonds is 5. The van der Waals surface area contributed by atoms with E-state index in [9.17, 15) is 9.90 Å². The van der Waals surface area contributed by atoms with Crippen LogP contribution in [0.2, 0.25) is 0 Å². The van der Waals surface area contributed by atoms with E-state index in [1.165, 1.54) is 24.0 Å².